The lowest BCUT2D eigenvalue weighted by atomic mass is 10.2. The van der Waals surface area contributed by atoms with Crippen molar-refractivity contribution in [3.63, 3.8) is 0 Å². The van der Waals surface area contributed by atoms with Gasteiger partial charge in [-0.2, -0.15) is 0 Å². The van der Waals surface area contributed by atoms with Gasteiger partial charge in [-0.25, -0.2) is 0 Å². The van der Waals surface area contributed by atoms with Gasteiger partial charge in [0, 0.05) is 38.9 Å². The minimum absolute atomic E-state index is 0.312. The van der Waals surface area contributed by atoms with Gasteiger partial charge in [-0.1, -0.05) is 30.3 Å². The van der Waals surface area contributed by atoms with Crippen molar-refractivity contribution in [3.05, 3.63) is 35.9 Å². The average molecular weight is 403 g/mol. The van der Waals surface area contributed by atoms with Crippen molar-refractivity contribution in [3.8, 4) is 0 Å². The lowest BCUT2D eigenvalue weighted by Crippen LogP contribution is -2.39. The van der Waals surface area contributed by atoms with Crippen LogP contribution in [0.3, 0.4) is 0 Å². The van der Waals surface area contributed by atoms with Gasteiger partial charge in [0.15, 0.2) is 5.96 Å². The van der Waals surface area contributed by atoms with Crippen LogP contribution < -0.4 is 10.6 Å². The normalized spacial score (nSPS) is 22.9. The van der Waals surface area contributed by atoms with E-state index in [9.17, 15) is 0 Å². The van der Waals surface area contributed by atoms with Crippen LogP contribution in [-0.2, 0) is 16.0 Å². The van der Waals surface area contributed by atoms with Crippen LogP contribution in [0.1, 0.15) is 44.6 Å². The summed E-state index contributed by atoms with van der Waals surface area (Å²) in [5.74, 6) is 0.915. The van der Waals surface area contributed by atoms with Gasteiger partial charge in [-0.15, -0.1) is 0 Å². The number of hydrogen-bond acceptors (Lipinski definition) is 4. The van der Waals surface area contributed by atoms with Crippen molar-refractivity contribution >= 4 is 5.96 Å². The van der Waals surface area contributed by atoms with E-state index in [-0.39, 0.29) is 0 Å². The monoisotopic (exact) mass is 402 g/mol. The third-order valence-corrected chi connectivity index (χ3v) is 5.62. The van der Waals surface area contributed by atoms with Gasteiger partial charge in [0.1, 0.15) is 0 Å². The molecule has 2 saturated heterocycles. The fourth-order valence-corrected chi connectivity index (χ4v) is 4.04. The molecule has 2 atom stereocenters. The van der Waals surface area contributed by atoms with Crippen molar-refractivity contribution < 1.29 is 9.47 Å². The van der Waals surface area contributed by atoms with Gasteiger partial charge in [0.25, 0.3) is 0 Å². The Balaban J connectivity index is 1.36. The van der Waals surface area contributed by atoms with E-state index in [1.54, 1.807) is 0 Å². The first-order chi connectivity index (χ1) is 14.3. The predicted molar refractivity (Wildman–Crippen MR) is 118 cm³/mol. The molecule has 0 aliphatic carbocycles. The highest BCUT2D eigenvalue weighted by Crippen LogP contribution is 2.20. The summed E-state index contributed by atoms with van der Waals surface area (Å²) in [6, 6.07) is 11.3. The molecule has 0 aromatic heterocycles. The summed E-state index contributed by atoms with van der Waals surface area (Å²) < 4.78 is 11.3. The van der Waals surface area contributed by atoms with E-state index in [1.807, 2.05) is 0 Å². The summed E-state index contributed by atoms with van der Waals surface area (Å²) in [6.07, 6.45) is 6.08. The molecule has 2 N–H and O–H groups in total. The molecule has 2 unspecified atom stereocenters. The lowest BCUT2D eigenvalue weighted by molar-refractivity contribution is 0.0168. The Morgan fingerprint density at radius 1 is 1.21 bits per heavy atom. The Morgan fingerprint density at radius 3 is 2.90 bits per heavy atom. The zero-order valence-corrected chi connectivity index (χ0v) is 17.9. The fourth-order valence-electron chi connectivity index (χ4n) is 4.04. The molecule has 0 radical (unpaired) electrons. The third-order valence-electron chi connectivity index (χ3n) is 5.62. The first-order valence-electron chi connectivity index (χ1n) is 11.3. The standard InChI is InChI=1S/C23H38N4O2/c1-2-24-23(25-13-8-15-28-19-22-12-7-16-29-22)26-17-21-11-6-14-27(21)18-20-9-4-3-5-10-20/h3-5,9-10,21-22H,2,6-8,11-19H2,1H3,(H2,24,25,26). The van der Waals surface area contributed by atoms with E-state index in [0.29, 0.717) is 12.1 Å². The lowest BCUT2D eigenvalue weighted by Gasteiger charge is -2.23. The zero-order valence-electron chi connectivity index (χ0n) is 17.9. The van der Waals surface area contributed by atoms with Crippen LogP contribution >= 0.6 is 0 Å². The van der Waals surface area contributed by atoms with E-state index >= 15 is 0 Å². The number of ether oxygens (including phenoxy) is 2. The molecule has 2 aliphatic heterocycles. The summed E-state index contributed by atoms with van der Waals surface area (Å²) in [4.78, 5) is 7.43. The predicted octanol–water partition coefficient (Wildman–Crippen LogP) is 2.79. The molecular formula is C23H38N4O2. The minimum atomic E-state index is 0.312. The third kappa shape index (κ3) is 7.96. The van der Waals surface area contributed by atoms with Crippen LogP contribution in [0.2, 0.25) is 0 Å². The van der Waals surface area contributed by atoms with Crippen LogP contribution in [0.15, 0.2) is 35.3 Å². The molecule has 0 saturated carbocycles. The van der Waals surface area contributed by atoms with Gasteiger partial charge < -0.3 is 20.1 Å². The van der Waals surface area contributed by atoms with E-state index in [2.05, 4.69) is 52.8 Å². The van der Waals surface area contributed by atoms with Gasteiger partial charge in [-0.05, 0) is 51.1 Å². The fraction of sp³-hybridized carbons (Fsp3) is 0.696. The molecule has 162 valence electrons. The molecule has 0 bridgehead atoms. The molecule has 3 rings (SSSR count). The second kappa shape index (κ2) is 12.8. The van der Waals surface area contributed by atoms with Gasteiger partial charge in [-0.3, -0.25) is 9.89 Å². The SMILES string of the molecule is CCNC(=NCC1CCCN1Cc1ccccc1)NCCCOCC1CCCO1. The van der Waals surface area contributed by atoms with E-state index in [0.717, 1.165) is 64.8 Å². The van der Waals surface area contributed by atoms with Gasteiger partial charge in [0.05, 0.1) is 19.3 Å². The maximum Gasteiger partial charge on any atom is 0.191 e. The van der Waals surface area contributed by atoms with E-state index in [4.69, 9.17) is 14.5 Å². The molecule has 0 amide bonds. The first-order valence-corrected chi connectivity index (χ1v) is 11.3. The molecule has 1 aromatic carbocycles. The van der Waals surface area contributed by atoms with E-state index < -0.39 is 0 Å². The summed E-state index contributed by atoms with van der Waals surface area (Å²) in [6.45, 7) is 9.27. The second-order valence-electron chi connectivity index (χ2n) is 7.96. The number of nitrogens with zero attached hydrogens (tertiary/aromatic N) is 2. The van der Waals surface area contributed by atoms with Crippen LogP contribution in [-0.4, -0.2) is 69.0 Å². The van der Waals surface area contributed by atoms with Crippen LogP contribution in [0, 0.1) is 0 Å². The molecule has 0 spiro atoms. The highest BCUT2D eigenvalue weighted by atomic mass is 16.5. The average Bonchev–Trinajstić information content (AvgIpc) is 3.41. The van der Waals surface area contributed by atoms with Gasteiger partial charge >= 0.3 is 0 Å². The highest BCUT2D eigenvalue weighted by molar-refractivity contribution is 5.79. The van der Waals surface area contributed by atoms with Crippen molar-refractivity contribution in [2.45, 2.75) is 57.7 Å². The number of aliphatic imine (C=N–C) groups is 1. The Kier molecular flexibility index (Phi) is 9.76. The second-order valence-corrected chi connectivity index (χ2v) is 7.96. The Labute approximate surface area is 176 Å². The van der Waals surface area contributed by atoms with Crippen LogP contribution in [0.4, 0.5) is 0 Å². The summed E-state index contributed by atoms with van der Waals surface area (Å²) in [5, 5.41) is 6.81. The van der Waals surface area contributed by atoms with Crippen molar-refractivity contribution in [2.24, 2.45) is 4.99 Å². The number of benzene rings is 1. The smallest absolute Gasteiger partial charge is 0.191 e. The summed E-state index contributed by atoms with van der Waals surface area (Å²) in [7, 11) is 0. The Morgan fingerprint density at radius 2 is 2.10 bits per heavy atom. The molecule has 6 heteroatoms. The number of likely N-dealkylation sites (tertiary alicyclic amines) is 1. The minimum Gasteiger partial charge on any atom is -0.379 e. The largest absolute Gasteiger partial charge is 0.379 e. The van der Waals surface area contributed by atoms with Gasteiger partial charge in [0.2, 0.25) is 0 Å². The molecule has 1 aromatic rings. The Hall–Kier alpha value is -1.63. The summed E-state index contributed by atoms with van der Waals surface area (Å²) in [5.41, 5.74) is 1.39. The molecular weight excluding hydrogens is 364 g/mol. The Bertz CT molecular complexity index is 590. The molecule has 2 aliphatic rings. The number of hydrogen-bond donors (Lipinski definition) is 2. The van der Waals surface area contributed by atoms with Crippen LogP contribution in [0.5, 0.6) is 0 Å². The van der Waals surface area contributed by atoms with E-state index in [1.165, 1.54) is 31.4 Å². The maximum absolute atomic E-state index is 5.74. The van der Waals surface area contributed by atoms with Crippen molar-refractivity contribution in [1.29, 1.82) is 0 Å². The van der Waals surface area contributed by atoms with Crippen molar-refractivity contribution in [1.82, 2.24) is 15.5 Å². The molecule has 2 fully saturated rings. The van der Waals surface area contributed by atoms with Crippen molar-refractivity contribution in [2.75, 3.05) is 46.0 Å². The zero-order chi connectivity index (χ0) is 20.2. The highest BCUT2D eigenvalue weighted by Gasteiger charge is 2.24. The first kappa shape index (κ1) is 22.1. The number of guanidine groups is 1. The maximum atomic E-state index is 5.74. The molecule has 6 nitrogen and oxygen atoms in total. The quantitative estimate of drug-likeness (QED) is 0.339. The number of rotatable bonds is 11. The number of nitrogens with one attached hydrogen (secondary N) is 2. The topological polar surface area (TPSA) is 58.1 Å². The molecule has 2 heterocycles. The molecule has 29 heavy (non-hydrogen) atoms. The van der Waals surface area contributed by atoms with Crippen LogP contribution in [0.25, 0.3) is 0 Å². The summed E-state index contributed by atoms with van der Waals surface area (Å²) >= 11 is 0.